The maximum atomic E-state index is 6.37. The van der Waals surface area contributed by atoms with Crippen LogP contribution in [-0.4, -0.2) is 19.5 Å². The second-order valence-electron chi connectivity index (χ2n) is 13.9. The molecule has 5 heteroatoms. The van der Waals surface area contributed by atoms with E-state index in [1.54, 1.807) is 0 Å². The summed E-state index contributed by atoms with van der Waals surface area (Å²) in [6.45, 7) is 2.23. The SMILES string of the molecule is CCCCc1ccc(-c2cccc(-c3nc(-c4ccccc4)nc(-c4cccc(-n5c6ccccc6c6cc7c(cc65)oc5ccccc57)c4)n3)c2)cc1. The first kappa shape index (κ1) is 31.9. The molecule has 0 amide bonds. The summed E-state index contributed by atoms with van der Waals surface area (Å²) in [6, 6.07) is 57.4. The molecule has 0 spiro atoms. The Labute approximate surface area is 313 Å². The van der Waals surface area contributed by atoms with Crippen molar-refractivity contribution in [3.63, 3.8) is 0 Å². The third-order valence-electron chi connectivity index (χ3n) is 10.4. The van der Waals surface area contributed by atoms with Crippen molar-refractivity contribution < 1.29 is 4.42 Å². The van der Waals surface area contributed by atoms with E-state index < -0.39 is 0 Å². The predicted octanol–water partition coefficient (Wildman–Crippen LogP) is 12.9. The van der Waals surface area contributed by atoms with Gasteiger partial charge in [0.15, 0.2) is 17.5 Å². The lowest BCUT2D eigenvalue weighted by Gasteiger charge is -2.12. The number of fused-ring (bicyclic) bond motifs is 6. The van der Waals surface area contributed by atoms with Gasteiger partial charge >= 0.3 is 0 Å². The first-order valence-electron chi connectivity index (χ1n) is 18.7. The van der Waals surface area contributed by atoms with Crippen molar-refractivity contribution in [2.24, 2.45) is 0 Å². The maximum Gasteiger partial charge on any atom is 0.164 e. The van der Waals surface area contributed by atoms with E-state index in [0.29, 0.717) is 17.5 Å². The first-order valence-corrected chi connectivity index (χ1v) is 18.7. The molecule has 0 unspecified atom stereocenters. The van der Waals surface area contributed by atoms with Gasteiger partial charge in [0.25, 0.3) is 0 Å². The number of para-hydroxylation sites is 2. The van der Waals surface area contributed by atoms with Crippen LogP contribution in [0.1, 0.15) is 25.3 Å². The molecule has 0 aliphatic carbocycles. The van der Waals surface area contributed by atoms with E-state index in [0.717, 1.165) is 67.3 Å². The summed E-state index contributed by atoms with van der Waals surface area (Å²) < 4.78 is 8.68. The second kappa shape index (κ2) is 13.3. The molecule has 3 heterocycles. The van der Waals surface area contributed by atoms with E-state index in [1.165, 1.54) is 34.7 Å². The molecule has 0 saturated carbocycles. The van der Waals surface area contributed by atoms with Crippen molar-refractivity contribution in [2.75, 3.05) is 0 Å². The van der Waals surface area contributed by atoms with Crippen LogP contribution in [-0.2, 0) is 6.42 Å². The zero-order valence-electron chi connectivity index (χ0n) is 29.9. The lowest BCUT2D eigenvalue weighted by molar-refractivity contribution is 0.669. The number of aromatic nitrogens is 4. The van der Waals surface area contributed by atoms with Crippen molar-refractivity contribution >= 4 is 43.7 Å². The number of nitrogens with zero attached hydrogens (tertiary/aromatic N) is 4. The highest BCUT2D eigenvalue weighted by atomic mass is 16.3. The highest BCUT2D eigenvalue weighted by Gasteiger charge is 2.18. The number of hydrogen-bond donors (Lipinski definition) is 0. The average Bonchev–Trinajstić information content (AvgIpc) is 3.77. The summed E-state index contributed by atoms with van der Waals surface area (Å²) in [5.41, 5.74) is 11.4. The molecule has 3 aromatic heterocycles. The molecule has 0 aliphatic heterocycles. The molecule has 0 radical (unpaired) electrons. The lowest BCUT2D eigenvalue weighted by atomic mass is 10.00. The molecule has 0 bridgehead atoms. The number of hydrogen-bond acceptors (Lipinski definition) is 4. The van der Waals surface area contributed by atoms with E-state index in [4.69, 9.17) is 19.4 Å². The van der Waals surface area contributed by atoms with Gasteiger partial charge in [-0.15, -0.1) is 0 Å². The average molecular weight is 697 g/mol. The molecular weight excluding hydrogens is 661 g/mol. The zero-order valence-corrected chi connectivity index (χ0v) is 29.9. The summed E-state index contributed by atoms with van der Waals surface area (Å²) in [5, 5.41) is 4.61. The molecule has 10 rings (SSSR count). The van der Waals surface area contributed by atoms with Crippen molar-refractivity contribution in [1.29, 1.82) is 0 Å². The minimum atomic E-state index is 0.617. The highest BCUT2D eigenvalue weighted by Crippen LogP contribution is 2.39. The Balaban J connectivity index is 1.11. The van der Waals surface area contributed by atoms with Crippen LogP contribution in [0.2, 0.25) is 0 Å². The van der Waals surface area contributed by atoms with Crippen LogP contribution < -0.4 is 0 Å². The van der Waals surface area contributed by atoms with Gasteiger partial charge in [-0.2, -0.15) is 0 Å². The Bertz CT molecular complexity index is 2980. The van der Waals surface area contributed by atoms with Gasteiger partial charge in [-0.1, -0.05) is 135 Å². The van der Waals surface area contributed by atoms with E-state index in [-0.39, 0.29) is 0 Å². The molecule has 0 atom stereocenters. The van der Waals surface area contributed by atoms with Gasteiger partial charge in [0, 0.05) is 50.0 Å². The van der Waals surface area contributed by atoms with Crippen LogP contribution in [0.3, 0.4) is 0 Å². The fraction of sp³-hybridized carbons (Fsp3) is 0.0816. The molecule has 0 fully saturated rings. The predicted molar refractivity (Wildman–Crippen MR) is 222 cm³/mol. The highest BCUT2D eigenvalue weighted by molar-refractivity contribution is 6.17. The fourth-order valence-electron chi connectivity index (χ4n) is 7.68. The molecule has 7 aromatic carbocycles. The van der Waals surface area contributed by atoms with E-state index in [2.05, 4.69) is 133 Å². The van der Waals surface area contributed by atoms with Crippen molar-refractivity contribution in [2.45, 2.75) is 26.2 Å². The van der Waals surface area contributed by atoms with Gasteiger partial charge in [0.2, 0.25) is 0 Å². The van der Waals surface area contributed by atoms with Crippen LogP contribution in [0, 0.1) is 0 Å². The van der Waals surface area contributed by atoms with E-state index in [1.807, 2.05) is 42.5 Å². The topological polar surface area (TPSA) is 56.7 Å². The summed E-state index contributed by atoms with van der Waals surface area (Å²) >= 11 is 0. The largest absolute Gasteiger partial charge is 0.456 e. The molecular formula is C49H36N4O. The second-order valence-corrected chi connectivity index (χ2v) is 13.9. The maximum absolute atomic E-state index is 6.37. The van der Waals surface area contributed by atoms with Gasteiger partial charge in [0.1, 0.15) is 11.2 Å². The Morgan fingerprint density at radius 2 is 1.09 bits per heavy atom. The molecule has 0 N–H and O–H groups in total. The molecule has 0 saturated heterocycles. The minimum absolute atomic E-state index is 0.617. The number of rotatable bonds is 8. The first-order chi connectivity index (χ1) is 26.7. The van der Waals surface area contributed by atoms with Crippen molar-refractivity contribution in [1.82, 2.24) is 19.5 Å². The molecule has 54 heavy (non-hydrogen) atoms. The van der Waals surface area contributed by atoms with Gasteiger partial charge in [-0.05, 0) is 65.9 Å². The van der Waals surface area contributed by atoms with Gasteiger partial charge in [-0.25, -0.2) is 15.0 Å². The fourth-order valence-corrected chi connectivity index (χ4v) is 7.68. The molecule has 10 aromatic rings. The Hall–Kier alpha value is -6.85. The third kappa shape index (κ3) is 5.62. The number of benzene rings is 7. The van der Waals surface area contributed by atoms with Gasteiger partial charge in [-0.3, -0.25) is 0 Å². The monoisotopic (exact) mass is 696 g/mol. The van der Waals surface area contributed by atoms with Crippen molar-refractivity contribution in [3.8, 4) is 51.0 Å². The molecule has 0 aliphatic rings. The van der Waals surface area contributed by atoms with Crippen LogP contribution in [0.25, 0.3) is 94.7 Å². The van der Waals surface area contributed by atoms with Gasteiger partial charge < -0.3 is 8.98 Å². The van der Waals surface area contributed by atoms with Crippen LogP contribution in [0.15, 0.2) is 168 Å². The van der Waals surface area contributed by atoms with Crippen LogP contribution in [0.4, 0.5) is 0 Å². The Morgan fingerprint density at radius 3 is 1.89 bits per heavy atom. The Morgan fingerprint density at radius 1 is 0.444 bits per heavy atom. The Kier molecular flexibility index (Phi) is 7.84. The zero-order chi connectivity index (χ0) is 36.0. The minimum Gasteiger partial charge on any atom is -0.456 e. The van der Waals surface area contributed by atoms with E-state index >= 15 is 0 Å². The summed E-state index contributed by atoms with van der Waals surface area (Å²) in [4.78, 5) is 15.3. The van der Waals surface area contributed by atoms with E-state index in [9.17, 15) is 0 Å². The summed E-state index contributed by atoms with van der Waals surface area (Å²) in [5.74, 6) is 1.89. The van der Waals surface area contributed by atoms with Crippen LogP contribution >= 0.6 is 0 Å². The van der Waals surface area contributed by atoms with Crippen molar-refractivity contribution in [3.05, 3.63) is 169 Å². The number of aryl methyl sites for hydroxylation is 1. The third-order valence-corrected chi connectivity index (χ3v) is 10.4. The summed E-state index contributed by atoms with van der Waals surface area (Å²) in [7, 11) is 0. The quantitative estimate of drug-likeness (QED) is 0.159. The summed E-state index contributed by atoms with van der Waals surface area (Å²) in [6.07, 6.45) is 3.50. The number of unbranched alkanes of at least 4 members (excludes halogenated alkanes) is 1. The number of furan rings is 1. The lowest BCUT2D eigenvalue weighted by Crippen LogP contribution is -2.01. The smallest absolute Gasteiger partial charge is 0.164 e. The molecule has 5 nitrogen and oxygen atoms in total. The standard InChI is InChI=1S/C49H36N4O/c1-2-3-13-32-24-26-33(27-25-32)35-16-11-17-36(28-35)48-50-47(34-14-5-4-6-15-34)51-49(52-48)37-18-12-19-38(29-37)53-43-22-9-7-20-39(43)41-30-42-40-21-8-10-23-45(40)54-46(42)31-44(41)53/h4-12,14-31H,2-3,13H2,1H3. The van der Waals surface area contributed by atoms with Crippen LogP contribution in [0.5, 0.6) is 0 Å². The normalized spacial score (nSPS) is 11.6. The molecule has 258 valence electrons. The van der Waals surface area contributed by atoms with Gasteiger partial charge in [0.05, 0.1) is 11.0 Å².